The molecule has 3 heterocycles. The maximum absolute atomic E-state index is 13.5. The van der Waals surface area contributed by atoms with Crippen molar-refractivity contribution in [3.05, 3.63) is 76.2 Å². The summed E-state index contributed by atoms with van der Waals surface area (Å²) in [6.45, 7) is 1.21. The van der Waals surface area contributed by atoms with Crippen LogP contribution in [0.2, 0.25) is 5.02 Å². The van der Waals surface area contributed by atoms with Gasteiger partial charge in [-0.1, -0.05) is 11.6 Å². The van der Waals surface area contributed by atoms with Crippen molar-refractivity contribution in [1.82, 2.24) is 19.9 Å². The lowest BCUT2D eigenvalue weighted by molar-refractivity contribution is 0.252. The molecule has 0 aliphatic carbocycles. The third-order valence-electron chi connectivity index (χ3n) is 5.31. The average Bonchev–Trinajstić information content (AvgIpc) is 3.25. The van der Waals surface area contributed by atoms with E-state index < -0.39 is 0 Å². The van der Waals surface area contributed by atoms with Gasteiger partial charge in [-0.25, -0.2) is 19.3 Å². The fourth-order valence-corrected chi connectivity index (χ4v) is 3.82. The summed E-state index contributed by atoms with van der Waals surface area (Å²) in [4.78, 5) is 36.3. The minimum absolute atomic E-state index is 0.127. The highest BCUT2D eigenvalue weighted by atomic mass is 35.5. The summed E-state index contributed by atoms with van der Waals surface area (Å²) in [5.74, 6) is 1.39. The number of hydrogen-bond donors (Lipinski definition) is 1. The molecule has 1 aliphatic heterocycles. The van der Waals surface area contributed by atoms with Gasteiger partial charge in [-0.15, -0.1) is 0 Å². The molecular formula is C23H18ClN5O3. The minimum Gasteiger partial charge on any atom is -0.497 e. The Kier molecular flexibility index (Phi) is 4.99. The van der Waals surface area contributed by atoms with Crippen LogP contribution in [-0.4, -0.2) is 40.8 Å². The van der Waals surface area contributed by atoms with Gasteiger partial charge in [-0.2, -0.15) is 0 Å². The Hall–Kier alpha value is -3.91. The molecule has 160 valence electrons. The fourth-order valence-electron chi connectivity index (χ4n) is 3.71. The zero-order valence-corrected chi connectivity index (χ0v) is 17.8. The van der Waals surface area contributed by atoms with E-state index >= 15 is 0 Å². The summed E-state index contributed by atoms with van der Waals surface area (Å²) in [6, 6.07) is 15.7. The predicted molar refractivity (Wildman–Crippen MR) is 123 cm³/mol. The smallest absolute Gasteiger partial charge is 0.321 e. The Morgan fingerprint density at radius 1 is 1.06 bits per heavy atom. The van der Waals surface area contributed by atoms with Crippen molar-refractivity contribution < 1.29 is 9.53 Å². The van der Waals surface area contributed by atoms with Gasteiger partial charge in [0.2, 0.25) is 0 Å². The van der Waals surface area contributed by atoms with Gasteiger partial charge in [0.05, 0.1) is 23.0 Å². The number of nitrogens with one attached hydrogen (secondary N) is 1. The van der Waals surface area contributed by atoms with Gasteiger partial charge in [-0.3, -0.25) is 9.69 Å². The summed E-state index contributed by atoms with van der Waals surface area (Å²) < 4.78 is 6.73. The standard InChI is InChI=1S/C23H18ClN5O3/c1-32-17-7-8-19-18(12-17)22(30)29(20-9-4-15(24)13-26-20)21(27-19)14-2-5-16(6-3-14)28-11-10-25-23(28)31/h2-9,12-13H,10-11H2,1H3,(H,25,31). The fraction of sp³-hybridized carbons (Fsp3) is 0.130. The molecule has 1 saturated heterocycles. The number of urea groups is 1. The van der Waals surface area contributed by atoms with Gasteiger partial charge in [0.1, 0.15) is 17.4 Å². The van der Waals surface area contributed by atoms with Crippen LogP contribution < -0.4 is 20.5 Å². The number of methoxy groups -OCH3 is 1. The van der Waals surface area contributed by atoms with Crippen LogP contribution >= 0.6 is 11.6 Å². The predicted octanol–water partition coefficient (Wildman–Crippen LogP) is 3.64. The van der Waals surface area contributed by atoms with Gasteiger partial charge >= 0.3 is 6.03 Å². The van der Waals surface area contributed by atoms with Crippen LogP contribution in [0.25, 0.3) is 28.1 Å². The first kappa shape index (κ1) is 20.0. The lowest BCUT2D eigenvalue weighted by Gasteiger charge is -2.16. The number of fused-ring (bicyclic) bond motifs is 1. The maximum Gasteiger partial charge on any atom is 0.321 e. The average molecular weight is 448 g/mol. The largest absolute Gasteiger partial charge is 0.497 e. The second-order valence-corrected chi connectivity index (χ2v) is 7.66. The number of anilines is 1. The lowest BCUT2D eigenvalue weighted by atomic mass is 10.1. The van der Waals surface area contributed by atoms with Gasteiger partial charge in [0.15, 0.2) is 0 Å². The topological polar surface area (TPSA) is 89.3 Å². The lowest BCUT2D eigenvalue weighted by Crippen LogP contribution is -2.27. The van der Waals surface area contributed by atoms with Crippen LogP contribution in [0.4, 0.5) is 10.5 Å². The first-order valence-electron chi connectivity index (χ1n) is 9.94. The molecule has 1 N–H and O–H groups in total. The van der Waals surface area contributed by atoms with Crippen LogP contribution in [0, 0.1) is 0 Å². The number of carbonyl (C=O) groups excluding carboxylic acids is 1. The summed E-state index contributed by atoms with van der Waals surface area (Å²) in [5, 5.41) is 3.66. The van der Waals surface area contributed by atoms with Crippen LogP contribution in [0.15, 0.2) is 65.6 Å². The SMILES string of the molecule is COc1ccc2nc(-c3ccc(N4CCNC4=O)cc3)n(-c3ccc(Cl)cn3)c(=O)c2c1. The van der Waals surface area contributed by atoms with Crippen molar-refractivity contribution in [3.8, 4) is 23.0 Å². The van der Waals surface area contributed by atoms with Crippen molar-refractivity contribution in [2.45, 2.75) is 0 Å². The summed E-state index contributed by atoms with van der Waals surface area (Å²) >= 11 is 6.00. The first-order valence-corrected chi connectivity index (χ1v) is 10.3. The molecule has 9 heteroatoms. The molecule has 2 amide bonds. The van der Waals surface area contributed by atoms with Crippen molar-refractivity contribution >= 4 is 34.2 Å². The molecule has 0 saturated carbocycles. The highest BCUT2D eigenvalue weighted by Crippen LogP contribution is 2.26. The number of rotatable bonds is 4. The number of amides is 2. The Bertz CT molecular complexity index is 1380. The summed E-state index contributed by atoms with van der Waals surface area (Å²) in [7, 11) is 1.55. The third kappa shape index (κ3) is 3.44. The van der Waals surface area contributed by atoms with Gasteiger partial charge in [0, 0.05) is 30.5 Å². The van der Waals surface area contributed by atoms with Crippen LogP contribution in [-0.2, 0) is 0 Å². The molecular weight excluding hydrogens is 430 g/mol. The Labute approximate surface area is 188 Å². The molecule has 0 spiro atoms. The second-order valence-electron chi connectivity index (χ2n) is 7.22. The van der Waals surface area contributed by atoms with Crippen LogP contribution in [0.5, 0.6) is 5.75 Å². The Morgan fingerprint density at radius 3 is 2.53 bits per heavy atom. The van der Waals surface area contributed by atoms with E-state index in [0.717, 1.165) is 5.69 Å². The Balaban J connectivity index is 1.70. The highest BCUT2D eigenvalue weighted by molar-refractivity contribution is 6.30. The number of pyridine rings is 1. The number of benzene rings is 2. The van der Waals surface area contributed by atoms with Gasteiger partial charge < -0.3 is 10.1 Å². The van der Waals surface area contributed by atoms with E-state index in [1.54, 1.807) is 42.3 Å². The quantitative estimate of drug-likeness (QED) is 0.516. The molecule has 2 aromatic heterocycles. The maximum atomic E-state index is 13.5. The van der Waals surface area contributed by atoms with Crippen LogP contribution in [0.1, 0.15) is 0 Å². The number of nitrogens with zero attached hydrogens (tertiary/aromatic N) is 4. The highest BCUT2D eigenvalue weighted by Gasteiger charge is 2.22. The Morgan fingerprint density at radius 2 is 1.88 bits per heavy atom. The zero-order chi connectivity index (χ0) is 22.2. The van der Waals surface area contributed by atoms with E-state index in [1.807, 2.05) is 24.3 Å². The number of halogens is 1. The van der Waals surface area contributed by atoms with E-state index in [0.29, 0.717) is 52.0 Å². The second kappa shape index (κ2) is 7.97. The molecule has 0 unspecified atom stereocenters. The molecule has 4 aromatic rings. The zero-order valence-electron chi connectivity index (χ0n) is 17.1. The molecule has 2 aromatic carbocycles. The number of aromatic nitrogens is 3. The number of ether oxygens (including phenoxy) is 1. The summed E-state index contributed by atoms with van der Waals surface area (Å²) in [5.41, 5.74) is 1.74. The molecule has 5 rings (SSSR count). The normalized spacial score (nSPS) is 13.4. The molecule has 0 radical (unpaired) electrons. The molecule has 0 bridgehead atoms. The first-order chi connectivity index (χ1) is 15.5. The van der Waals surface area contributed by atoms with Crippen molar-refractivity contribution in [3.63, 3.8) is 0 Å². The van der Waals surface area contributed by atoms with E-state index in [4.69, 9.17) is 21.3 Å². The molecule has 1 aliphatic rings. The van der Waals surface area contributed by atoms with E-state index in [-0.39, 0.29) is 11.6 Å². The molecule has 32 heavy (non-hydrogen) atoms. The van der Waals surface area contributed by atoms with E-state index in [1.165, 1.54) is 10.8 Å². The number of carbonyl (C=O) groups is 1. The van der Waals surface area contributed by atoms with Gasteiger partial charge in [0.25, 0.3) is 5.56 Å². The monoisotopic (exact) mass is 447 g/mol. The van der Waals surface area contributed by atoms with Crippen molar-refractivity contribution in [2.75, 3.05) is 25.1 Å². The van der Waals surface area contributed by atoms with Crippen molar-refractivity contribution in [2.24, 2.45) is 0 Å². The van der Waals surface area contributed by atoms with Crippen molar-refractivity contribution in [1.29, 1.82) is 0 Å². The van der Waals surface area contributed by atoms with Crippen LogP contribution in [0.3, 0.4) is 0 Å². The summed E-state index contributed by atoms with van der Waals surface area (Å²) in [6.07, 6.45) is 1.48. The minimum atomic E-state index is -0.276. The van der Waals surface area contributed by atoms with E-state index in [9.17, 15) is 9.59 Å². The molecule has 0 atom stereocenters. The number of hydrogen-bond acceptors (Lipinski definition) is 5. The molecule has 8 nitrogen and oxygen atoms in total. The van der Waals surface area contributed by atoms with E-state index in [2.05, 4.69) is 10.3 Å². The van der Waals surface area contributed by atoms with Gasteiger partial charge in [-0.05, 0) is 54.6 Å². The third-order valence-corrected chi connectivity index (χ3v) is 5.53. The molecule has 1 fully saturated rings.